The van der Waals surface area contributed by atoms with Gasteiger partial charge in [0.2, 0.25) is 0 Å². The molecule has 5 nitrogen and oxygen atoms in total. The topological polar surface area (TPSA) is 65.1 Å². The third-order valence-corrected chi connectivity index (χ3v) is 1.22. The zero-order valence-corrected chi connectivity index (χ0v) is 11.1. The Labute approximate surface area is 114 Å². The van der Waals surface area contributed by atoms with Gasteiger partial charge >= 0.3 is 29.1 Å². The summed E-state index contributed by atoms with van der Waals surface area (Å²) in [5.74, 6) is 0. The van der Waals surface area contributed by atoms with E-state index in [0.29, 0.717) is 5.69 Å². The van der Waals surface area contributed by atoms with Crippen LogP contribution in [0, 0.1) is 0 Å². The maximum Gasteiger partial charge on any atom is 2.00 e. The number of benzene rings is 1. The van der Waals surface area contributed by atoms with Crippen LogP contribution in [0.4, 0.5) is 10.5 Å². The van der Waals surface area contributed by atoms with Gasteiger partial charge in [-0.05, 0) is 5.69 Å². The molecule has 1 amide bonds. The second-order valence-corrected chi connectivity index (χ2v) is 2.10. The zero-order chi connectivity index (χ0) is 9.52. The van der Waals surface area contributed by atoms with Gasteiger partial charge in [-0.3, -0.25) is 10.6 Å². The Kier molecular flexibility index (Phi) is 11.0. The first kappa shape index (κ1) is 16.8. The van der Waals surface area contributed by atoms with Gasteiger partial charge in [-0.25, -0.2) is 4.79 Å². The van der Waals surface area contributed by atoms with E-state index in [1.54, 1.807) is 12.1 Å². The van der Waals surface area contributed by atoms with Crippen LogP contribution in [0.2, 0.25) is 0 Å². The molecular formula is C8H8BrMgN3O2. The van der Waals surface area contributed by atoms with Crippen molar-refractivity contribution in [1.29, 1.82) is 0 Å². The van der Waals surface area contributed by atoms with Crippen LogP contribution in [-0.4, -0.2) is 36.3 Å². The SMILES string of the molecule is COC(=O)[N-]N=Nc1ccccc1.[Br-].[Mg+2]. The van der Waals surface area contributed by atoms with Crippen molar-refractivity contribution in [2.45, 2.75) is 0 Å². The fourth-order valence-electron chi connectivity index (χ4n) is 0.646. The van der Waals surface area contributed by atoms with E-state index in [2.05, 4.69) is 20.5 Å². The first-order valence-electron chi connectivity index (χ1n) is 3.57. The van der Waals surface area contributed by atoms with Crippen molar-refractivity contribution in [3.63, 3.8) is 0 Å². The molecule has 0 aliphatic heterocycles. The van der Waals surface area contributed by atoms with E-state index in [0.717, 1.165) is 0 Å². The number of rotatable bonds is 2. The van der Waals surface area contributed by atoms with Gasteiger partial charge in [0.15, 0.2) is 0 Å². The van der Waals surface area contributed by atoms with E-state index in [-0.39, 0.29) is 40.0 Å². The second kappa shape index (κ2) is 9.87. The minimum atomic E-state index is -0.764. The Balaban J connectivity index is 0. The Morgan fingerprint density at radius 1 is 1.33 bits per heavy atom. The molecule has 0 aliphatic carbocycles. The molecule has 0 aromatic heterocycles. The van der Waals surface area contributed by atoms with Crippen LogP contribution in [0.25, 0.3) is 5.43 Å². The van der Waals surface area contributed by atoms with E-state index >= 15 is 0 Å². The van der Waals surface area contributed by atoms with Crippen molar-refractivity contribution < 1.29 is 26.5 Å². The van der Waals surface area contributed by atoms with Crippen molar-refractivity contribution in [1.82, 2.24) is 0 Å². The summed E-state index contributed by atoms with van der Waals surface area (Å²) in [7, 11) is 1.23. The average Bonchev–Trinajstić information content (AvgIpc) is 2.19. The molecule has 0 saturated heterocycles. The molecule has 0 unspecified atom stereocenters. The van der Waals surface area contributed by atoms with Gasteiger partial charge < -0.3 is 26.8 Å². The fraction of sp³-hybridized carbons (Fsp3) is 0.125. The minimum Gasteiger partial charge on any atom is -1.00 e. The van der Waals surface area contributed by atoms with Crippen LogP contribution in [0.15, 0.2) is 40.7 Å². The van der Waals surface area contributed by atoms with Gasteiger partial charge in [0.05, 0.1) is 7.11 Å². The van der Waals surface area contributed by atoms with Crippen LogP contribution < -0.4 is 17.0 Å². The van der Waals surface area contributed by atoms with E-state index in [1.807, 2.05) is 18.2 Å². The predicted molar refractivity (Wildman–Crippen MR) is 52.5 cm³/mol. The Bertz CT molecular complexity index is 308. The van der Waals surface area contributed by atoms with Gasteiger partial charge in [0, 0.05) is 0 Å². The number of halogens is 1. The van der Waals surface area contributed by atoms with Crippen molar-refractivity contribution in [3.05, 3.63) is 35.8 Å². The van der Waals surface area contributed by atoms with Crippen molar-refractivity contribution in [2.24, 2.45) is 10.3 Å². The molecule has 0 spiro atoms. The van der Waals surface area contributed by atoms with Gasteiger partial charge in [-0.15, -0.1) is 0 Å². The zero-order valence-electron chi connectivity index (χ0n) is 8.13. The summed E-state index contributed by atoms with van der Waals surface area (Å²) in [6.45, 7) is 0. The van der Waals surface area contributed by atoms with Crippen LogP contribution >= 0.6 is 0 Å². The van der Waals surface area contributed by atoms with Crippen LogP contribution in [-0.2, 0) is 4.74 Å². The quantitative estimate of drug-likeness (QED) is 0.415. The molecule has 1 aromatic carbocycles. The van der Waals surface area contributed by atoms with Gasteiger partial charge in [0.1, 0.15) is 0 Å². The molecule has 1 rings (SSSR count). The molecule has 1 aromatic rings. The predicted octanol–water partition coefficient (Wildman–Crippen LogP) is -0.551. The second-order valence-electron chi connectivity index (χ2n) is 2.10. The normalized spacial score (nSPS) is 8.60. The number of carbonyl (C=O) groups excluding carboxylic acids is 1. The fourth-order valence-corrected chi connectivity index (χ4v) is 0.646. The number of methoxy groups -OCH3 is 1. The van der Waals surface area contributed by atoms with E-state index in [9.17, 15) is 4.79 Å². The average molecular weight is 282 g/mol. The Hall–Kier alpha value is -0.664. The number of nitrogens with zero attached hydrogens (tertiary/aromatic N) is 3. The molecule has 0 bridgehead atoms. The van der Waals surface area contributed by atoms with Gasteiger partial charge in [-0.1, -0.05) is 30.3 Å². The summed E-state index contributed by atoms with van der Waals surface area (Å²) in [5.41, 5.74) is 3.77. The van der Waals surface area contributed by atoms with Crippen molar-refractivity contribution in [2.75, 3.05) is 7.11 Å². The molecule has 0 aliphatic rings. The number of hydrogen-bond donors (Lipinski definition) is 0. The first-order valence-corrected chi connectivity index (χ1v) is 3.57. The van der Waals surface area contributed by atoms with E-state index < -0.39 is 6.09 Å². The summed E-state index contributed by atoms with van der Waals surface area (Å²) >= 11 is 0. The summed E-state index contributed by atoms with van der Waals surface area (Å²) in [5, 5.41) is 6.94. The molecule has 0 N–H and O–H groups in total. The van der Waals surface area contributed by atoms with E-state index in [1.165, 1.54) is 7.11 Å². The molecule has 7 heteroatoms. The summed E-state index contributed by atoms with van der Waals surface area (Å²) in [4.78, 5) is 10.5. The maximum absolute atomic E-state index is 10.5. The van der Waals surface area contributed by atoms with Crippen LogP contribution in [0.5, 0.6) is 0 Å². The third-order valence-electron chi connectivity index (χ3n) is 1.22. The molecular weight excluding hydrogens is 274 g/mol. The molecule has 0 saturated carbocycles. The molecule has 0 heterocycles. The molecule has 76 valence electrons. The molecule has 0 radical (unpaired) electrons. The number of amides is 1. The summed E-state index contributed by atoms with van der Waals surface area (Å²) in [6, 6.07) is 8.97. The number of ether oxygens (including phenoxy) is 1. The number of hydrogen-bond acceptors (Lipinski definition) is 4. The minimum absolute atomic E-state index is 0. The Morgan fingerprint density at radius 3 is 2.47 bits per heavy atom. The number of carbonyl (C=O) groups is 1. The summed E-state index contributed by atoms with van der Waals surface area (Å²) in [6.07, 6.45) is -0.764. The van der Waals surface area contributed by atoms with Gasteiger partial charge in [-0.2, -0.15) is 0 Å². The van der Waals surface area contributed by atoms with Crippen LogP contribution in [0.3, 0.4) is 0 Å². The van der Waals surface area contributed by atoms with Crippen molar-refractivity contribution >= 4 is 34.8 Å². The van der Waals surface area contributed by atoms with Crippen molar-refractivity contribution in [3.8, 4) is 0 Å². The molecule has 15 heavy (non-hydrogen) atoms. The largest absolute Gasteiger partial charge is 2.00 e. The standard InChI is InChI=1S/C8H9N3O2.BrH.Mg/c1-13-8(12)10-11-9-7-5-3-2-4-6-7;;/h2-6H,1H3,(H,9,10,12);1H;/q;;+2/p-2. The molecule has 0 fully saturated rings. The summed E-state index contributed by atoms with van der Waals surface area (Å²) < 4.78 is 4.23. The van der Waals surface area contributed by atoms with Crippen LogP contribution in [0.1, 0.15) is 0 Å². The van der Waals surface area contributed by atoms with Gasteiger partial charge in [0.25, 0.3) is 0 Å². The third kappa shape index (κ3) is 7.29. The first-order chi connectivity index (χ1) is 6.33. The molecule has 0 atom stereocenters. The Morgan fingerprint density at radius 2 is 1.93 bits per heavy atom. The maximum atomic E-state index is 10.5. The smallest absolute Gasteiger partial charge is 1.00 e. The monoisotopic (exact) mass is 281 g/mol. The van der Waals surface area contributed by atoms with E-state index in [4.69, 9.17) is 0 Å².